The molecule has 2 heterocycles. The molecule has 2 radical (unpaired) electrons. The molecule has 0 bridgehead atoms. The van der Waals surface area contributed by atoms with E-state index in [9.17, 15) is 4.79 Å². The van der Waals surface area contributed by atoms with E-state index in [-0.39, 0.29) is 5.78 Å². The fraction of sp³-hybridized carbons (Fsp3) is 0.273. The molecule has 4 nitrogen and oxygen atoms in total. The first-order valence-corrected chi connectivity index (χ1v) is 5.03. The summed E-state index contributed by atoms with van der Waals surface area (Å²) in [6.45, 7) is 1.98. The smallest absolute Gasteiger partial charge is 0.163 e. The average molecular weight is 214 g/mol. The van der Waals surface area contributed by atoms with Crippen LogP contribution >= 0.6 is 0 Å². The Kier molecular flexibility index (Phi) is 2.94. The molecule has 5 heteroatoms. The van der Waals surface area contributed by atoms with Gasteiger partial charge in [-0.25, -0.2) is 4.52 Å². The minimum atomic E-state index is -0.00836. The van der Waals surface area contributed by atoms with E-state index in [0.29, 0.717) is 24.2 Å². The van der Waals surface area contributed by atoms with E-state index in [1.165, 1.54) is 6.92 Å². The molecule has 0 saturated heterocycles. The maximum absolute atomic E-state index is 11.3. The van der Waals surface area contributed by atoms with Crippen molar-refractivity contribution in [2.75, 3.05) is 6.61 Å². The van der Waals surface area contributed by atoms with Crippen molar-refractivity contribution < 1.29 is 9.53 Å². The molecule has 80 valence electrons. The van der Waals surface area contributed by atoms with E-state index < -0.39 is 0 Å². The average Bonchev–Trinajstić information content (AvgIpc) is 2.69. The summed E-state index contributed by atoms with van der Waals surface area (Å²) in [5.41, 5.74) is 1.35. The Morgan fingerprint density at radius 1 is 1.62 bits per heavy atom. The molecule has 2 aromatic heterocycles. The highest BCUT2D eigenvalue weighted by Gasteiger charge is 2.08. The van der Waals surface area contributed by atoms with E-state index in [1.54, 1.807) is 29.0 Å². The van der Waals surface area contributed by atoms with Gasteiger partial charge >= 0.3 is 0 Å². The molecule has 0 atom stereocenters. The lowest BCUT2D eigenvalue weighted by Gasteiger charge is -2.04. The van der Waals surface area contributed by atoms with Gasteiger partial charge in [-0.3, -0.25) is 4.79 Å². The van der Waals surface area contributed by atoms with Crippen molar-refractivity contribution in [3.8, 4) is 5.75 Å². The Balaban J connectivity index is 2.42. The molecule has 0 aliphatic heterocycles. The lowest BCUT2D eigenvalue weighted by molar-refractivity contribution is 0.101. The van der Waals surface area contributed by atoms with Crippen LogP contribution in [-0.2, 0) is 0 Å². The summed E-state index contributed by atoms with van der Waals surface area (Å²) in [5.74, 6) is 0.687. The van der Waals surface area contributed by atoms with Crippen molar-refractivity contribution >= 4 is 19.1 Å². The highest BCUT2D eigenvalue weighted by Crippen LogP contribution is 2.18. The number of ketones is 1. The zero-order valence-electron chi connectivity index (χ0n) is 9.01. The predicted octanol–water partition coefficient (Wildman–Crippen LogP) is 1.50. The summed E-state index contributed by atoms with van der Waals surface area (Å²) in [7, 11) is 5.35. The number of fused-ring (bicyclic) bond motifs is 1. The number of pyridine rings is 1. The van der Waals surface area contributed by atoms with Crippen LogP contribution in [0.3, 0.4) is 0 Å². The molecule has 0 fully saturated rings. The molecule has 2 aromatic rings. The quantitative estimate of drug-likeness (QED) is 0.572. The zero-order chi connectivity index (χ0) is 11.5. The number of carbonyl (C=O) groups is 1. The van der Waals surface area contributed by atoms with Crippen molar-refractivity contribution in [3.05, 3.63) is 30.1 Å². The predicted molar refractivity (Wildman–Crippen MR) is 61.3 cm³/mol. The van der Waals surface area contributed by atoms with Crippen molar-refractivity contribution in [2.24, 2.45) is 0 Å². The number of carbonyl (C=O) groups excluding carboxylic acids is 1. The van der Waals surface area contributed by atoms with Crippen LogP contribution < -0.4 is 4.74 Å². The van der Waals surface area contributed by atoms with Crippen LogP contribution in [0.25, 0.3) is 5.52 Å². The largest absolute Gasteiger partial charge is 0.494 e. The van der Waals surface area contributed by atoms with Gasteiger partial charge in [0.1, 0.15) is 5.75 Å². The van der Waals surface area contributed by atoms with Crippen LogP contribution in [0.15, 0.2) is 24.5 Å². The molecule has 0 aliphatic rings. The second-order valence-corrected chi connectivity index (χ2v) is 3.44. The third-order valence-electron chi connectivity index (χ3n) is 2.26. The van der Waals surface area contributed by atoms with Crippen molar-refractivity contribution in [3.63, 3.8) is 0 Å². The SMILES string of the molecule is [B]CCOc1ccn2ncc(C(C)=O)c2c1. The van der Waals surface area contributed by atoms with Crippen LogP contribution in [0.5, 0.6) is 5.75 Å². The van der Waals surface area contributed by atoms with Gasteiger partial charge in [0, 0.05) is 12.3 Å². The maximum Gasteiger partial charge on any atom is 0.163 e. The van der Waals surface area contributed by atoms with E-state index in [0.717, 1.165) is 5.52 Å². The van der Waals surface area contributed by atoms with Crippen LogP contribution in [-0.4, -0.2) is 29.9 Å². The van der Waals surface area contributed by atoms with Crippen molar-refractivity contribution in [1.82, 2.24) is 9.61 Å². The normalized spacial score (nSPS) is 10.6. The summed E-state index contributed by atoms with van der Waals surface area (Å²) in [6.07, 6.45) is 3.78. The van der Waals surface area contributed by atoms with Gasteiger partial charge in [-0.2, -0.15) is 5.10 Å². The molecule has 0 unspecified atom stereocenters. The van der Waals surface area contributed by atoms with Gasteiger partial charge in [0.05, 0.1) is 31.7 Å². The van der Waals surface area contributed by atoms with Gasteiger partial charge in [-0.15, -0.1) is 0 Å². The Labute approximate surface area is 94.6 Å². The molecular formula is C11H11BN2O2. The minimum absolute atomic E-state index is 0.00836. The van der Waals surface area contributed by atoms with Crippen molar-refractivity contribution in [1.29, 1.82) is 0 Å². The molecule has 0 spiro atoms. The fourth-order valence-electron chi connectivity index (χ4n) is 1.50. The van der Waals surface area contributed by atoms with E-state index in [1.807, 2.05) is 0 Å². The number of ether oxygens (including phenoxy) is 1. The molecule has 0 N–H and O–H groups in total. The van der Waals surface area contributed by atoms with Crippen LogP contribution in [0.1, 0.15) is 17.3 Å². The Morgan fingerprint density at radius 3 is 3.12 bits per heavy atom. The Bertz CT molecular complexity index is 522. The van der Waals surface area contributed by atoms with Gasteiger partial charge in [0.15, 0.2) is 5.78 Å². The second-order valence-electron chi connectivity index (χ2n) is 3.44. The van der Waals surface area contributed by atoms with Crippen LogP contribution in [0.2, 0.25) is 6.32 Å². The van der Waals surface area contributed by atoms with Crippen LogP contribution in [0, 0.1) is 0 Å². The molecule has 0 aliphatic carbocycles. The lowest BCUT2D eigenvalue weighted by Crippen LogP contribution is -1.98. The minimum Gasteiger partial charge on any atom is -0.494 e. The number of aromatic nitrogens is 2. The first-order valence-electron chi connectivity index (χ1n) is 5.03. The second kappa shape index (κ2) is 4.39. The van der Waals surface area contributed by atoms with E-state index in [4.69, 9.17) is 12.6 Å². The monoisotopic (exact) mass is 214 g/mol. The van der Waals surface area contributed by atoms with Crippen molar-refractivity contribution in [2.45, 2.75) is 13.2 Å². The number of hydrogen-bond donors (Lipinski definition) is 0. The summed E-state index contributed by atoms with van der Waals surface area (Å²) in [4.78, 5) is 11.3. The first-order chi connectivity index (χ1) is 7.72. The number of hydrogen-bond acceptors (Lipinski definition) is 3. The van der Waals surface area contributed by atoms with Gasteiger partial charge < -0.3 is 4.74 Å². The van der Waals surface area contributed by atoms with Gasteiger partial charge in [0.2, 0.25) is 0 Å². The number of Topliss-reactive ketones (excluding diaryl/α,β-unsaturated/α-hetero) is 1. The molecule has 0 amide bonds. The van der Waals surface area contributed by atoms with E-state index in [2.05, 4.69) is 5.10 Å². The first kappa shape index (κ1) is 10.7. The van der Waals surface area contributed by atoms with Gasteiger partial charge in [-0.05, 0) is 13.0 Å². The standard InChI is InChI=1S/C11H11BN2O2/c1-8(15)10-7-13-14-4-2-9(6-11(10)14)16-5-3-12/h2,4,6-7H,3,5H2,1H3. The maximum atomic E-state index is 11.3. The van der Waals surface area contributed by atoms with Gasteiger partial charge in [-0.1, -0.05) is 6.32 Å². The molecule has 16 heavy (non-hydrogen) atoms. The summed E-state index contributed by atoms with van der Waals surface area (Å²) in [5, 5.41) is 4.08. The lowest BCUT2D eigenvalue weighted by atomic mass is 10.1. The number of nitrogens with zero attached hydrogens (tertiary/aromatic N) is 2. The third kappa shape index (κ3) is 1.93. The zero-order valence-corrected chi connectivity index (χ0v) is 9.01. The molecule has 0 aromatic carbocycles. The molecular weight excluding hydrogens is 203 g/mol. The highest BCUT2D eigenvalue weighted by molar-refractivity contribution is 6.08. The topological polar surface area (TPSA) is 43.6 Å². The summed E-state index contributed by atoms with van der Waals surface area (Å²) in [6, 6.07) is 3.58. The highest BCUT2D eigenvalue weighted by atomic mass is 16.5. The summed E-state index contributed by atoms with van der Waals surface area (Å²) < 4.78 is 7.03. The molecule has 2 rings (SSSR count). The van der Waals surface area contributed by atoms with Crippen LogP contribution in [0.4, 0.5) is 0 Å². The fourth-order valence-corrected chi connectivity index (χ4v) is 1.50. The van der Waals surface area contributed by atoms with Gasteiger partial charge in [0.25, 0.3) is 0 Å². The number of rotatable bonds is 4. The van der Waals surface area contributed by atoms with E-state index >= 15 is 0 Å². The third-order valence-corrected chi connectivity index (χ3v) is 2.26. The molecule has 0 saturated carbocycles. The Morgan fingerprint density at radius 2 is 2.44 bits per heavy atom. The summed E-state index contributed by atoms with van der Waals surface area (Å²) >= 11 is 0. The Hall–Kier alpha value is -1.78.